The summed E-state index contributed by atoms with van der Waals surface area (Å²) in [6.07, 6.45) is 2.13. The SMILES string of the molecule is COc1cccc([C@H]2C3=CC[C@@H]4C(=O)N(c5cccc(C(=O)O)c5)C(=O)[C@@H]4[C@@H]3C[C@H]3C(=O)N(Nc4ccc(C)cc4)C(=O)[C@@]23c2ccccc2)c1O. The number of carbonyl (C=O) groups is 5. The molecule has 2 aliphatic carbocycles. The number of allylic oxidation sites excluding steroid dienone is 2. The summed E-state index contributed by atoms with van der Waals surface area (Å²) < 4.78 is 5.52. The van der Waals surface area contributed by atoms with Crippen molar-refractivity contribution in [3.63, 3.8) is 0 Å². The molecule has 1 saturated carbocycles. The number of imide groups is 2. The predicted octanol–water partition coefficient (Wildman–Crippen LogP) is 5.60. The van der Waals surface area contributed by atoms with Crippen LogP contribution in [0.5, 0.6) is 11.5 Å². The quantitative estimate of drug-likeness (QED) is 0.166. The van der Waals surface area contributed by atoms with Gasteiger partial charge in [-0.1, -0.05) is 77.9 Å². The standard InChI is InChI=1S/C41H35N3O8/c1-22-14-16-25(17-15-22)42-44-37(47)31-21-30-27(18-19-28-33(30)38(48)43(36(28)46)26-11-6-8-23(20-26)39(49)50)34(29-12-7-13-32(52-2)35(29)45)41(31,40(44)51)24-9-4-3-5-10-24/h3-18,20,28,30-31,33-34,42,45H,19,21H2,1-2H3,(H,49,50)/t28-,30+,31-,33-,34+,41+/m0/s1. The van der Waals surface area contributed by atoms with Gasteiger partial charge in [-0.05, 0) is 67.6 Å². The van der Waals surface area contributed by atoms with Crippen LogP contribution in [0, 0.1) is 30.6 Å². The van der Waals surface area contributed by atoms with Crippen LogP contribution in [0.15, 0.2) is 109 Å². The maximum Gasteiger partial charge on any atom is 0.335 e. The Labute approximate surface area is 299 Å². The molecule has 0 aromatic heterocycles. The second-order valence-electron chi connectivity index (χ2n) is 13.9. The average molecular weight is 698 g/mol. The van der Waals surface area contributed by atoms with Crippen molar-refractivity contribution in [2.45, 2.75) is 31.1 Å². The summed E-state index contributed by atoms with van der Waals surface area (Å²) in [4.78, 5) is 71.4. The number of ether oxygens (including phenoxy) is 1. The van der Waals surface area contributed by atoms with Crippen LogP contribution in [-0.4, -0.2) is 51.9 Å². The molecule has 2 heterocycles. The molecule has 0 spiro atoms. The minimum Gasteiger partial charge on any atom is -0.504 e. The van der Waals surface area contributed by atoms with Gasteiger partial charge >= 0.3 is 5.97 Å². The third kappa shape index (κ3) is 4.68. The molecule has 11 heteroatoms. The van der Waals surface area contributed by atoms with Gasteiger partial charge in [-0.15, -0.1) is 0 Å². The second kappa shape index (κ2) is 12.2. The number of carbonyl (C=O) groups excluding carboxylic acids is 4. The molecule has 52 heavy (non-hydrogen) atoms. The third-order valence-electron chi connectivity index (χ3n) is 11.3. The average Bonchev–Trinajstić information content (AvgIpc) is 3.54. The molecule has 262 valence electrons. The van der Waals surface area contributed by atoms with Crippen molar-refractivity contribution in [2.24, 2.45) is 23.7 Å². The van der Waals surface area contributed by atoms with Gasteiger partial charge in [-0.2, -0.15) is 5.01 Å². The molecule has 4 amide bonds. The topological polar surface area (TPSA) is 154 Å². The number of hydrogen-bond donors (Lipinski definition) is 3. The number of aromatic carboxylic acids is 1. The van der Waals surface area contributed by atoms with Gasteiger partial charge in [-0.3, -0.25) is 29.5 Å². The van der Waals surface area contributed by atoms with E-state index in [1.807, 2.05) is 43.3 Å². The molecule has 3 fully saturated rings. The van der Waals surface area contributed by atoms with Crippen molar-refractivity contribution in [1.29, 1.82) is 0 Å². The number of carboxylic acids is 1. The molecular formula is C41H35N3O8. The van der Waals surface area contributed by atoms with Crippen molar-refractivity contribution in [1.82, 2.24) is 5.01 Å². The number of para-hydroxylation sites is 1. The van der Waals surface area contributed by atoms with Crippen LogP contribution in [0.3, 0.4) is 0 Å². The Kier molecular flexibility index (Phi) is 7.74. The van der Waals surface area contributed by atoms with E-state index in [9.17, 15) is 29.4 Å². The van der Waals surface area contributed by atoms with Crippen molar-refractivity contribution in [2.75, 3.05) is 17.4 Å². The van der Waals surface area contributed by atoms with Gasteiger partial charge in [0.15, 0.2) is 11.5 Å². The highest BCUT2D eigenvalue weighted by Gasteiger charge is 2.70. The smallest absolute Gasteiger partial charge is 0.335 e. The van der Waals surface area contributed by atoms with Crippen LogP contribution in [-0.2, 0) is 24.6 Å². The van der Waals surface area contributed by atoms with Gasteiger partial charge in [0.2, 0.25) is 11.8 Å². The minimum absolute atomic E-state index is 0.0677. The van der Waals surface area contributed by atoms with Gasteiger partial charge in [0.1, 0.15) is 0 Å². The normalized spacial score (nSPS) is 26.4. The Morgan fingerprint density at radius 2 is 1.60 bits per heavy atom. The number of benzene rings is 4. The molecule has 8 rings (SSSR count). The van der Waals surface area contributed by atoms with E-state index in [4.69, 9.17) is 4.74 Å². The van der Waals surface area contributed by atoms with Gasteiger partial charge in [0.05, 0.1) is 47.2 Å². The molecule has 4 aromatic carbocycles. The fraction of sp³-hybridized carbons (Fsp3) is 0.244. The molecule has 4 aromatic rings. The summed E-state index contributed by atoms with van der Waals surface area (Å²) in [5.74, 6) is -7.46. The summed E-state index contributed by atoms with van der Waals surface area (Å²) in [6.45, 7) is 1.93. The second-order valence-corrected chi connectivity index (χ2v) is 13.9. The monoisotopic (exact) mass is 697 g/mol. The fourth-order valence-corrected chi connectivity index (χ4v) is 9.06. The maximum atomic E-state index is 15.3. The lowest BCUT2D eigenvalue weighted by Crippen LogP contribution is -2.53. The Morgan fingerprint density at radius 3 is 2.31 bits per heavy atom. The van der Waals surface area contributed by atoms with E-state index in [0.717, 1.165) is 15.5 Å². The fourth-order valence-electron chi connectivity index (χ4n) is 9.06. The van der Waals surface area contributed by atoms with Gasteiger partial charge in [0, 0.05) is 11.5 Å². The minimum atomic E-state index is -1.56. The number of fused-ring (bicyclic) bond motifs is 4. The Morgan fingerprint density at radius 1 is 0.865 bits per heavy atom. The highest BCUT2D eigenvalue weighted by molar-refractivity contribution is 6.23. The number of amides is 4. The molecule has 0 unspecified atom stereocenters. The van der Waals surface area contributed by atoms with Crippen LogP contribution in [0.4, 0.5) is 11.4 Å². The summed E-state index contributed by atoms with van der Waals surface area (Å²) in [5.41, 5.74) is 4.71. The number of hydrogen-bond acceptors (Lipinski definition) is 8. The predicted molar refractivity (Wildman–Crippen MR) is 189 cm³/mol. The Hall–Kier alpha value is -6.23. The first-order chi connectivity index (χ1) is 25.1. The lowest BCUT2D eigenvalue weighted by atomic mass is 9.49. The van der Waals surface area contributed by atoms with E-state index < -0.39 is 64.6 Å². The first kappa shape index (κ1) is 32.9. The molecule has 0 radical (unpaired) electrons. The van der Waals surface area contributed by atoms with Crippen LogP contribution in [0.1, 0.15) is 45.8 Å². The number of phenolic OH excluding ortho intramolecular Hbond substituents is 1. The van der Waals surface area contributed by atoms with Crippen molar-refractivity contribution in [3.05, 3.63) is 131 Å². The van der Waals surface area contributed by atoms with Crippen molar-refractivity contribution >= 4 is 41.0 Å². The van der Waals surface area contributed by atoms with Gasteiger partial charge < -0.3 is 14.9 Å². The number of nitrogens with zero attached hydrogens (tertiary/aromatic N) is 2. The number of aryl methyl sites for hydroxylation is 1. The maximum absolute atomic E-state index is 15.3. The summed E-state index contributed by atoms with van der Waals surface area (Å²) in [6, 6.07) is 27.1. The zero-order valence-corrected chi connectivity index (χ0v) is 28.4. The van der Waals surface area contributed by atoms with E-state index in [-0.39, 0.29) is 35.6 Å². The zero-order valence-electron chi connectivity index (χ0n) is 28.4. The molecule has 0 bridgehead atoms. The number of anilines is 2. The number of hydrazine groups is 1. The van der Waals surface area contributed by atoms with E-state index in [1.54, 1.807) is 42.5 Å². The Balaban J connectivity index is 1.32. The first-order valence-electron chi connectivity index (χ1n) is 17.1. The molecule has 11 nitrogen and oxygen atoms in total. The molecule has 6 atom stereocenters. The number of nitrogens with one attached hydrogen (secondary N) is 1. The lowest BCUT2D eigenvalue weighted by Gasteiger charge is -2.50. The number of methoxy groups -OCH3 is 1. The highest BCUT2D eigenvalue weighted by atomic mass is 16.5. The van der Waals surface area contributed by atoms with Crippen LogP contribution in [0.25, 0.3) is 0 Å². The van der Waals surface area contributed by atoms with Crippen LogP contribution in [0.2, 0.25) is 0 Å². The van der Waals surface area contributed by atoms with Crippen molar-refractivity contribution in [3.8, 4) is 11.5 Å². The van der Waals surface area contributed by atoms with Gasteiger partial charge in [0.25, 0.3) is 11.8 Å². The number of rotatable bonds is 7. The zero-order chi connectivity index (χ0) is 36.5. The molecule has 2 aliphatic heterocycles. The van der Waals surface area contributed by atoms with E-state index in [1.165, 1.54) is 31.4 Å². The summed E-state index contributed by atoms with van der Waals surface area (Å²) >= 11 is 0. The number of aromatic hydroxyl groups is 1. The lowest BCUT2D eigenvalue weighted by molar-refractivity contribution is -0.138. The molecule has 3 N–H and O–H groups in total. The van der Waals surface area contributed by atoms with E-state index in [0.29, 0.717) is 22.4 Å². The highest BCUT2D eigenvalue weighted by Crippen LogP contribution is 2.65. The molecule has 4 aliphatic rings. The summed E-state index contributed by atoms with van der Waals surface area (Å²) in [5, 5.41) is 22.5. The van der Waals surface area contributed by atoms with Crippen LogP contribution < -0.4 is 15.1 Å². The van der Waals surface area contributed by atoms with Gasteiger partial charge in [-0.25, -0.2) is 4.79 Å². The largest absolute Gasteiger partial charge is 0.504 e. The third-order valence-corrected chi connectivity index (χ3v) is 11.3. The molecule has 2 saturated heterocycles. The Bertz CT molecular complexity index is 2200. The molecular weight excluding hydrogens is 662 g/mol. The van der Waals surface area contributed by atoms with Crippen LogP contribution >= 0.6 is 0 Å². The van der Waals surface area contributed by atoms with E-state index >= 15 is 4.79 Å². The number of phenols is 1. The van der Waals surface area contributed by atoms with Crippen molar-refractivity contribution < 1.29 is 38.9 Å². The number of carboxylic acid groups (broad SMARTS) is 1. The first-order valence-corrected chi connectivity index (χ1v) is 17.1. The summed E-state index contributed by atoms with van der Waals surface area (Å²) in [7, 11) is 1.43. The van der Waals surface area contributed by atoms with E-state index in [2.05, 4.69) is 5.43 Å².